The maximum Gasteiger partial charge on any atom is 0.142 e. The molecule has 3 saturated carbocycles. The highest BCUT2D eigenvalue weighted by Crippen LogP contribution is 2.63. The molecule has 3 fully saturated rings. The Morgan fingerprint density at radius 3 is 2.80 bits per heavy atom. The summed E-state index contributed by atoms with van der Waals surface area (Å²) in [5.74, 6) is 3.52. The minimum absolute atomic E-state index is 0.178. The van der Waals surface area contributed by atoms with Crippen LogP contribution in [-0.2, 0) is 4.79 Å². The number of hydrogen-bond acceptors (Lipinski definition) is 1. The Bertz CT molecular complexity index is 294. The zero-order valence-electron chi connectivity index (χ0n) is 9.96. The van der Waals surface area contributed by atoms with Gasteiger partial charge in [-0.05, 0) is 49.9 Å². The van der Waals surface area contributed by atoms with Gasteiger partial charge in [-0.25, -0.2) is 0 Å². The van der Waals surface area contributed by atoms with Crippen LogP contribution < -0.4 is 0 Å². The third kappa shape index (κ3) is 1.13. The highest BCUT2D eigenvalue weighted by Gasteiger charge is 2.61. The molecule has 1 heteroatoms. The van der Waals surface area contributed by atoms with Gasteiger partial charge in [0.2, 0.25) is 0 Å². The molecule has 0 radical (unpaired) electrons. The molecule has 4 atom stereocenters. The highest BCUT2D eigenvalue weighted by atomic mass is 16.1. The van der Waals surface area contributed by atoms with Gasteiger partial charge in [0, 0.05) is 11.3 Å². The Hall–Kier alpha value is -0.330. The van der Waals surface area contributed by atoms with Gasteiger partial charge in [-0.3, -0.25) is 4.79 Å². The fourth-order valence-electron chi connectivity index (χ4n) is 4.89. The lowest BCUT2D eigenvalue weighted by Crippen LogP contribution is -2.34. The van der Waals surface area contributed by atoms with Crippen LogP contribution in [0.4, 0.5) is 0 Å². The summed E-state index contributed by atoms with van der Waals surface area (Å²) in [4.78, 5) is 12.4. The minimum atomic E-state index is 0.178. The largest absolute Gasteiger partial charge is 0.299 e. The molecule has 1 spiro atoms. The summed E-state index contributed by atoms with van der Waals surface area (Å²) in [6.07, 6.45) is 7.51. The van der Waals surface area contributed by atoms with Crippen molar-refractivity contribution in [1.29, 1.82) is 0 Å². The molecule has 15 heavy (non-hydrogen) atoms. The zero-order chi connectivity index (χ0) is 10.6. The molecule has 0 unspecified atom stereocenters. The summed E-state index contributed by atoms with van der Waals surface area (Å²) >= 11 is 0. The van der Waals surface area contributed by atoms with Crippen molar-refractivity contribution in [3.63, 3.8) is 0 Å². The molecule has 0 aliphatic heterocycles. The van der Waals surface area contributed by atoms with Crippen molar-refractivity contribution >= 4 is 5.78 Å². The topological polar surface area (TPSA) is 17.1 Å². The fraction of sp³-hybridized carbons (Fsp3) is 0.929. The molecule has 0 heterocycles. The second-order valence-corrected chi connectivity index (χ2v) is 6.40. The normalized spacial score (nSPS) is 48.7. The van der Waals surface area contributed by atoms with E-state index >= 15 is 0 Å². The Kier molecular flexibility index (Phi) is 2.03. The molecule has 3 rings (SSSR count). The summed E-state index contributed by atoms with van der Waals surface area (Å²) in [7, 11) is 0. The molecule has 0 aromatic carbocycles. The first-order chi connectivity index (χ1) is 7.15. The summed E-state index contributed by atoms with van der Waals surface area (Å²) in [5, 5.41) is 0. The Morgan fingerprint density at radius 1 is 1.27 bits per heavy atom. The first kappa shape index (κ1) is 9.86. The van der Waals surface area contributed by atoms with Crippen molar-refractivity contribution in [2.24, 2.45) is 29.1 Å². The first-order valence-electron chi connectivity index (χ1n) is 6.69. The Labute approximate surface area is 92.6 Å². The number of carbonyl (C=O) groups is 1. The number of hydrogen-bond donors (Lipinski definition) is 0. The zero-order valence-corrected chi connectivity index (χ0v) is 9.96. The molecule has 84 valence electrons. The van der Waals surface area contributed by atoms with E-state index in [1.54, 1.807) is 0 Å². The van der Waals surface area contributed by atoms with Crippen molar-refractivity contribution in [2.75, 3.05) is 0 Å². The number of fused-ring (bicyclic) bond motifs is 1. The van der Waals surface area contributed by atoms with Crippen molar-refractivity contribution in [1.82, 2.24) is 0 Å². The van der Waals surface area contributed by atoms with Crippen LogP contribution in [0.2, 0.25) is 0 Å². The van der Waals surface area contributed by atoms with Crippen molar-refractivity contribution in [3.8, 4) is 0 Å². The second-order valence-electron chi connectivity index (χ2n) is 6.40. The molecule has 1 nitrogen and oxygen atoms in total. The smallest absolute Gasteiger partial charge is 0.142 e. The minimum Gasteiger partial charge on any atom is -0.299 e. The maximum absolute atomic E-state index is 12.4. The van der Waals surface area contributed by atoms with E-state index in [0.717, 1.165) is 17.8 Å². The average Bonchev–Trinajstić information content (AvgIpc) is 2.57. The van der Waals surface area contributed by atoms with Crippen LogP contribution in [-0.4, -0.2) is 5.78 Å². The van der Waals surface area contributed by atoms with E-state index < -0.39 is 0 Å². The van der Waals surface area contributed by atoms with Gasteiger partial charge in [-0.1, -0.05) is 20.3 Å². The number of ketones is 1. The highest BCUT2D eigenvalue weighted by molar-refractivity contribution is 5.90. The van der Waals surface area contributed by atoms with Crippen molar-refractivity contribution < 1.29 is 4.79 Å². The van der Waals surface area contributed by atoms with Crippen LogP contribution in [0.15, 0.2) is 0 Å². The van der Waals surface area contributed by atoms with Gasteiger partial charge in [-0.15, -0.1) is 0 Å². The molecule has 3 aliphatic carbocycles. The van der Waals surface area contributed by atoms with E-state index in [1.807, 2.05) is 0 Å². The maximum atomic E-state index is 12.4. The van der Waals surface area contributed by atoms with Crippen LogP contribution in [0, 0.1) is 29.1 Å². The van der Waals surface area contributed by atoms with E-state index in [-0.39, 0.29) is 5.41 Å². The van der Waals surface area contributed by atoms with E-state index in [1.165, 1.54) is 38.5 Å². The van der Waals surface area contributed by atoms with Gasteiger partial charge in [0.05, 0.1) is 0 Å². The van der Waals surface area contributed by atoms with E-state index in [0.29, 0.717) is 11.7 Å². The van der Waals surface area contributed by atoms with Crippen LogP contribution in [0.1, 0.15) is 52.4 Å². The Morgan fingerprint density at radius 2 is 2.07 bits per heavy atom. The van der Waals surface area contributed by atoms with Gasteiger partial charge < -0.3 is 0 Å². The standard InChI is InChI=1S/C14H22O/c1-9(2)11-5-7-14-6-3-4-10(13(14)15)8-12(11)14/h9-12H,3-8H2,1-2H3/t10-,11-,12+,14-/m0/s1. The SMILES string of the molecule is CC(C)[C@@H]1CC[C@@]23CCC[C@@H](C[C@H]12)C3=O. The molecule has 0 N–H and O–H groups in total. The molecule has 0 saturated heterocycles. The first-order valence-corrected chi connectivity index (χ1v) is 6.69. The summed E-state index contributed by atoms with van der Waals surface area (Å²) in [5.41, 5.74) is 0.178. The molecular weight excluding hydrogens is 184 g/mol. The van der Waals surface area contributed by atoms with Crippen molar-refractivity contribution in [2.45, 2.75) is 52.4 Å². The van der Waals surface area contributed by atoms with Gasteiger partial charge in [0.15, 0.2) is 0 Å². The predicted molar refractivity (Wildman–Crippen MR) is 60.5 cm³/mol. The van der Waals surface area contributed by atoms with Gasteiger partial charge in [0.25, 0.3) is 0 Å². The number of Topliss-reactive ketones (excluding diaryl/α,β-unsaturated/α-hetero) is 1. The molecule has 3 aliphatic rings. The summed E-state index contributed by atoms with van der Waals surface area (Å²) < 4.78 is 0. The molecule has 2 bridgehead atoms. The lowest BCUT2D eigenvalue weighted by molar-refractivity contribution is -0.132. The third-order valence-corrected chi connectivity index (χ3v) is 5.58. The van der Waals surface area contributed by atoms with Gasteiger partial charge >= 0.3 is 0 Å². The number of carbonyl (C=O) groups excluding carboxylic acids is 1. The quantitative estimate of drug-likeness (QED) is 0.642. The van der Waals surface area contributed by atoms with Crippen LogP contribution in [0.25, 0.3) is 0 Å². The third-order valence-electron chi connectivity index (χ3n) is 5.58. The number of rotatable bonds is 1. The van der Waals surface area contributed by atoms with Gasteiger partial charge in [0.1, 0.15) is 5.78 Å². The van der Waals surface area contributed by atoms with Gasteiger partial charge in [-0.2, -0.15) is 0 Å². The van der Waals surface area contributed by atoms with E-state index in [4.69, 9.17) is 0 Å². The summed E-state index contributed by atoms with van der Waals surface area (Å²) in [6.45, 7) is 4.69. The molecular formula is C14H22O. The van der Waals surface area contributed by atoms with Crippen molar-refractivity contribution in [3.05, 3.63) is 0 Å². The lowest BCUT2D eigenvalue weighted by Gasteiger charge is -2.32. The van der Waals surface area contributed by atoms with Crippen LogP contribution in [0.3, 0.4) is 0 Å². The molecule has 0 aromatic heterocycles. The average molecular weight is 206 g/mol. The molecule has 0 aromatic rings. The predicted octanol–water partition coefficient (Wildman–Crippen LogP) is 3.43. The Balaban J connectivity index is 1.95. The molecule has 0 amide bonds. The van der Waals surface area contributed by atoms with Crippen LogP contribution in [0.5, 0.6) is 0 Å². The van der Waals surface area contributed by atoms with E-state index in [2.05, 4.69) is 13.8 Å². The van der Waals surface area contributed by atoms with E-state index in [9.17, 15) is 4.79 Å². The fourth-order valence-corrected chi connectivity index (χ4v) is 4.89. The second kappa shape index (κ2) is 3.09. The summed E-state index contributed by atoms with van der Waals surface area (Å²) in [6, 6.07) is 0. The lowest BCUT2D eigenvalue weighted by atomic mass is 9.70. The monoisotopic (exact) mass is 206 g/mol. The van der Waals surface area contributed by atoms with Crippen LogP contribution >= 0.6 is 0 Å².